The van der Waals surface area contributed by atoms with Gasteiger partial charge in [0.1, 0.15) is 22.7 Å². The van der Waals surface area contributed by atoms with E-state index < -0.39 is 52.0 Å². The smallest absolute Gasteiger partial charge is 0.327 e. The van der Waals surface area contributed by atoms with Gasteiger partial charge in [-0.1, -0.05) is 88.1 Å². The average molecular weight is 757 g/mol. The van der Waals surface area contributed by atoms with E-state index in [-0.39, 0.29) is 16.4 Å². The monoisotopic (exact) mass is 756 g/mol. The molecule has 0 spiro atoms. The zero-order chi connectivity index (χ0) is 37.0. The van der Waals surface area contributed by atoms with E-state index in [0.717, 1.165) is 31.4 Å². The summed E-state index contributed by atoms with van der Waals surface area (Å²) < 4.78 is 37.7. The molecule has 0 saturated heterocycles. The Labute approximate surface area is 309 Å². The van der Waals surface area contributed by atoms with Crippen LogP contribution in [0.2, 0.25) is 0 Å². The second-order valence-corrected chi connectivity index (χ2v) is 15.9. The van der Waals surface area contributed by atoms with Gasteiger partial charge >= 0.3 is 5.97 Å². The highest BCUT2D eigenvalue weighted by molar-refractivity contribution is 7.98. The van der Waals surface area contributed by atoms with Crippen LogP contribution >= 0.6 is 23.5 Å². The summed E-state index contributed by atoms with van der Waals surface area (Å²) in [6.07, 6.45) is 8.52. The summed E-state index contributed by atoms with van der Waals surface area (Å²) >= 11 is 2.63. The van der Waals surface area contributed by atoms with Gasteiger partial charge < -0.3 is 25.4 Å². The van der Waals surface area contributed by atoms with Gasteiger partial charge in [-0.3, -0.25) is 9.59 Å². The number of hydrogen-bond acceptors (Lipinski definition) is 9. The van der Waals surface area contributed by atoms with Crippen LogP contribution in [0.25, 0.3) is 0 Å². The number of unbranched alkanes of at least 4 members (excludes halogenated alkanes) is 2. The van der Waals surface area contributed by atoms with E-state index in [9.17, 15) is 27.9 Å². The normalized spacial score (nSPS) is 15.9. The lowest BCUT2D eigenvalue weighted by Gasteiger charge is -2.37. The number of thioether (sulfide) groups is 2. The third-order valence-corrected chi connectivity index (χ3v) is 11.8. The molecule has 2 amide bonds. The number of sulfonamides is 1. The van der Waals surface area contributed by atoms with Crippen molar-refractivity contribution in [1.29, 1.82) is 0 Å². The maximum atomic E-state index is 14.3. The number of para-hydroxylation sites is 1. The summed E-state index contributed by atoms with van der Waals surface area (Å²) in [5.41, 5.74) is 1.13. The highest BCUT2D eigenvalue weighted by Crippen LogP contribution is 2.44. The number of benzene rings is 3. The minimum atomic E-state index is -4.05. The number of carboxylic acids is 1. The van der Waals surface area contributed by atoms with Crippen LogP contribution in [0.1, 0.15) is 64.0 Å². The van der Waals surface area contributed by atoms with Gasteiger partial charge in [0.25, 0.3) is 5.91 Å². The zero-order valence-electron chi connectivity index (χ0n) is 29.5. The van der Waals surface area contributed by atoms with Gasteiger partial charge in [-0.15, -0.1) is 11.8 Å². The van der Waals surface area contributed by atoms with Crippen LogP contribution in [0.5, 0.6) is 5.75 Å². The molecule has 2 atom stereocenters. The van der Waals surface area contributed by atoms with Crippen LogP contribution in [-0.2, 0) is 24.4 Å². The van der Waals surface area contributed by atoms with E-state index in [0.29, 0.717) is 35.5 Å². The lowest BCUT2D eigenvalue weighted by molar-refractivity contribution is -0.141. The van der Waals surface area contributed by atoms with Gasteiger partial charge in [0, 0.05) is 24.1 Å². The fraction of sp³-hybridized carbons (Fsp3) is 0.432. The Morgan fingerprint density at radius 1 is 0.961 bits per heavy atom. The largest absolute Gasteiger partial charge is 0.483 e. The first-order valence-corrected chi connectivity index (χ1v) is 21.2. The molecule has 14 heteroatoms. The van der Waals surface area contributed by atoms with Crippen LogP contribution in [-0.4, -0.2) is 74.3 Å². The number of fused-ring (bicyclic) bond motifs is 1. The third kappa shape index (κ3) is 10.4. The molecule has 4 N–H and O–H groups in total. The van der Waals surface area contributed by atoms with Crippen LogP contribution in [0.15, 0.2) is 82.6 Å². The summed E-state index contributed by atoms with van der Waals surface area (Å²) in [6, 6.07) is 19.2. The number of ether oxygens (including phenoxy) is 1. The van der Waals surface area contributed by atoms with E-state index in [1.807, 2.05) is 36.6 Å². The molecule has 276 valence electrons. The van der Waals surface area contributed by atoms with E-state index >= 15 is 0 Å². The van der Waals surface area contributed by atoms with Crippen molar-refractivity contribution in [2.24, 2.45) is 0 Å². The Morgan fingerprint density at radius 2 is 1.59 bits per heavy atom. The number of carbonyl (C=O) groups excluding carboxylic acids is 2. The first-order chi connectivity index (χ1) is 24.5. The standard InChI is InChI=1S/C37H48N4O7S3/c1-5-7-19-37(20-8-6-2)25-41(27-17-13-10-14-18-27)29-21-31(50-4)30(22-32(29)51(46,47)40-37)48-23-33(42)39-34(26-15-11-9-12-16-26)35(43)38-28(24-49-3)36(44)45/h9-18,21-22,28,34,40H,5-8,19-20,23-25H2,1-4H3,(H,38,43)(H,39,42)(H,44,45). The molecular weight excluding hydrogens is 709 g/mol. The van der Waals surface area contributed by atoms with Gasteiger partial charge in [-0.05, 0) is 49.1 Å². The summed E-state index contributed by atoms with van der Waals surface area (Å²) in [4.78, 5) is 41.2. The van der Waals surface area contributed by atoms with Crippen LogP contribution in [0.3, 0.4) is 0 Å². The summed E-state index contributed by atoms with van der Waals surface area (Å²) in [5.74, 6) is -2.17. The molecule has 3 aromatic rings. The zero-order valence-corrected chi connectivity index (χ0v) is 32.0. The Kier molecular flexibility index (Phi) is 14.7. The Bertz CT molecular complexity index is 1740. The van der Waals surface area contributed by atoms with Crippen molar-refractivity contribution >= 4 is 62.7 Å². The molecule has 0 fully saturated rings. The third-order valence-electron chi connectivity index (χ3n) is 8.73. The fourth-order valence-electron chi connectivity index (χ4n) is 6.13. The molecule has 0 bridgehead atoms. The quantitative estimate of drug-likeness (QED) is 0.112. The van der Waals surface area contributed by atoms with E-state index in [1.165, 1.54) is 29.6 Å². The van der Waals surface area contributed by atoms with Crippen molar-refractivity contribution in [3.05, 3.63) is 78.4 Å². The molecule has 11 nitrogen and oxygen atoms in total. The molecule has 0 radical (unpaired) electrons. The predicted molar refractivity (Wildman–Crippen MR) is 205 cm³/mol. The van der Waals surface area contributed by atoms with Gasteiger partial charge in [0.2, 0.25) is 15.9 Å². The number of hydrogen-bond donors (Lipinski definition) is 4. The summed E-state index contributed by atoms with van der Waals surface area (Å²) in [5, 5.41) is 14.8. The molecule has 1 heterocycles. The van der Waals surface area contributed by atoms with Crippen molar-refractivity contribution in [2.45, 2.75) is 79.8 Å². The maximum absolute atomic E-state index is 14.3. The first-order valence-electron chi connectivity index (χ1n) is 17.0. The van der Waals surface area contributed by atoms with Crippen LogP contribution in [0.4, 0.5) is 11.4 Å². The van der Waals surface area contributed by atoms with Gasteiger partial charge in [0.15, 0.2) is 6.61 Å². The van der Waals surface area contributed by atoms with Crippen molar-refractivity contribution in [1.82, 2.24) is 15.4 Å². The van der Waals surface area contributed by atoms with E-state index in [1.54, 1.807) is 42.7 Å². The number of rotatable bonds is 18. The van der Waals surface area contributed by atoms with Crippen molar-refractivity contribution in [2.75, 3.05) is 36.3 Å². The number of nitrogens with one attached hydrogen (secondary N) is 3. The highest BCUT2D eigenvalue weighted by Gasteiger charge is 2.42. The average Bonchev–Trinajstić information content (AvgIpc) is 3.22. The Morgan fingerprint density at radius 3 is 2.16 bits per heavy atom. The topological polar surface area (TPSA) is 154 Å². The minimum absolute atomic E-state index is 0.0458. The van der Waals surface area contributed by atoms with Crippen molar-refractivity contribution < 1.29 is 32.6 Å². The molecule has 1 aliphatic heterocycles. The molecule has 2 unspecified atom stereocenters. The summed E-state index contributed by atoms with van der Waals surface area (Å²) in [7, 11) is -4.05. The number of aliphatic carboxylic acids is 1. The van der Waals surface area contributed by atoms with Crippen LogP contribution < -0.4 is 25.0 Å². The van der Waals surface area contributed by atoms with E-state index in [2.05, 4.69) is 34.1 Å². The fourth-order valence-corrected chi connectivity index (χ4v) is 8.89. The molecule has 3 aromatic carbocycles. The Balaban J connectivity index is 1.67. The highest BCUT2D eigenvalue weighted by atomic mass is 32.2. The van der Waals surface area contributed by atoms with E-state index in [4.69, 9.17) is 4.74 Å². The number of carboxylic acid groups (broad SMARTS) is 1. The molecule has 0 saturated carbocycles. The van der Waals surface area contributed by atoms with Crippen molar-refractivity contribution in [3.63, 3.8) is 0 Å². The minimum Gasteiger partial charge on any atom is -0.483 e. The number of anilines is 2. The van der Waals surface area contributed by atoms with Gasteiger partial charge in [0.05, 0.1) is 16.1 Å². The number of carbonyl (C=O) groups is 3. The molecular formula is C37H48N4O7S3. The SMILES string of the molecule is CCCCC1(CCCC)CN(c2ccccc2)c2cc(SC)c(OCC(=O)NC(C(=O)NC(CSC)C(=O)O)c3ccccc3)cc2S(=O)(=O)N1. The second-order valence-electron chi connectivity index (χ2n) is 12.5. The molecule has 1 aliphatic rings. The molecule has 0 aliphatic carbocycles. The van der Waals surface area contributed by atoms with Gasteiger partial charge in [-0.25, -0.2) is 17.9 Å². The maximum Gasteiger partial charge on any atom is 0.327 e. The first kappa shape index (κ1) is 40.1. The lowest BCUT2D eigenvalue weighted by Crippen LogP contribution is -2.53. The molecule has 4 rings (SSSR count). The molecule has 51 heavy (non-hydrogen) atoms. The lowest BCUT2D eigenvalue weighted by atomic mass is 9.87. The van der Waals surface area contributed by atoms with Gasteiger partial charge in [-0.2, -0.15) is 11.8 Å². The number of amides is 2. The van der Waals surface area contributed by atoms with Crippen LogP contribution in [0, 0.1) is 0 Å². The van der Waals surface area contributed by atoms with Crippen molar-refractivity contribution in [3.8, 4) is 5.75 Å². The molecule has 0 aromatic heterocycles. The Hall–Kier alpha value is -3.72. The predicted octanol–water partition coefficient (Wildman–Crippen LogP) is 6.13. The second kappa shape index (κ2) is 18.7. The number of nitrogens with zero attached hydrogens (tertiary/aromatic N) is 1. The summed E-state index contributed by atoms with van der Waals surface area (Å²) in [6.45, 7) is 4.12.